The van der Waals surface area contributed by atoms with Crippen molar-refractivity contribution in [2.45, 2.75) is 51.2 Å². The van der Waals surface area contributed by atoms with Crippen LogP contribution in [0.3, 0.4) is 0 Å². The molecule has 1 saturated heterocycles. The molecule has 0 unspecified atom stereocenters. The molecule has 2 heterocycles. The van der Waals surface area contributed by atoms with Gasteiger partial charge in [-0.1, -0.05) is 11.2 Å². The third-order valence-electron chi connectivity index (χ3n) is 5.18. The maximum atomic E-state index is 6.25. The zero-order valence-corrected chi connectivity index (χ0v) is 14.6. The number of hydrogen-bond donors (Lipinski definition) is 1. The van der Waals surface area contributed by atoms with Crippen molar-refractivity contribution in [3.63, 3.8) is 0 Å². The van der Waals surface area contributed by atoms with Crippen LogP contribution in [0.5, 0.6) is 5.75 Å². The van der Waals surface area contributed by atoms with Crippen LogP contribution < -0.4 is 10.5 Å². The Balaban J connectivity index is 1.61. The van der Waals surface area contributed by atoms with E-state index in [4.69, 9.17) is 19.7 Å². The van der Waals surface area contributed by atoms with E-state index in [-0.39, 0.29) is 18.1 Å². The predicted molar refractivity (Wildman–Crippen MR) is 93.2 cm³/mol. The lowest BCUT2D eigenvalue weighted by Crippen LogP contribution is -2.18. The summed E-state index contributed by atoms with van der Waals surface area (Å²) in [7, 11) is 0. The summed E-state index contributed by atoms with van der Waals surface area (Å²) in [5.41, 5.74) is 7.85. The summed E-state index contributed by atoms with van der Waals surface area (Å²) in [6.45, 7) is 3.30. The monoisotopic (exact) mass is 343 g/mol. The highest BCUT2D eigenvalue weighted by Crippen LogP contribution is 2.36. The molecule has 6 heteroatoms. The lowest BCUT2D eigenvalue weighted by molar-refractivity contribution is 0.0642. The van der Waals surface area contributed by atoms with Crippen LogP contribution in [0.4, 0.5) is 0 Å². The Kier molecular flexibility index (Phi) is 4.72. The minimum atomic E-state index is -0.198. The molecule has 25 heavy (non-hydrogen) atoms. The maximum absolute atomic E-state index is 6.25. The van der Waals surface area contributed by atoms with E-state index < -0.39 is 0 Å². The van der Waals surface area contributed by atoms with Gasteiger partial charge in [0.1, 0.15) is 11.9 Å². The van der Waals surface area contributed by atoms with Crippen molar-refractivity contribution in [3.05, 3.63) is 29.7 Å². The highest BCUT2D eigenvalue weighted by Gasteiger charge is 2.33. The minimum absolute atomic E-state index is 0.198. The Morgan fingerprint density at radius 1 is 1.24 bits per heavy atom. The average Bonchev–Trinajstić information content (AvgIpc) is 3.36. The molecule has 1 aromatic carbocycles. The number of ether oxygens (including phenoxy) is 2. The summed E-state index contributed by atoms with van der Waals surface area (Å²) in [6.07, 6.45) is 5.70. The van der Waals surface area contributed by atoms with Gasteiger partial charge in [-0.2, -0.15) is 4.98 Å². The molecule has 0 radical (unpaired) electrons. The summed E-state index contributed by atoms with van der Waals surface area (Å²) in [4.78, 5) is 4.59. The van der Waals surface area contributed by atoms with Gasteiger partial charge in [-0.3, -0.25) is 0 Å². The zero-order chi connectivity index (χ0) is 17.2. The molecule has 1 saturated carbocycles. The summed E-state index contributed by atoms with van der Waals surface area (Å²) in [5, 5.41) is 4.18. The highest BCUT2D eigenvalue weighted by molar-refractivity contribution is 5.64. The Hall–Kier alpha value is -1.92. The summed E-state index contributed by atoms with van der Waals surface area (Å²) >= 11 is 0. The number of hydrogen-bond acceptors (Lipinski definition) is 6. The van der Waals surface area contributed by atoms with Crippen molar-refractivity contribution in [1.82, 2.24) is 10.1 Å². The molecule has 6 nitrogen and oxygen atoms in total. The lowest BCUT2D eigenvalue weighted by atomic mass is 10.0. The van der Waals surface area contributed by atoms with Gasteiger partial charge >= 0.3 is 0 Å². The van der Waals surface area contributed by atoms with Gasteiger partial charge in [-0.05, 0) is 63.3 Å². The van der Waals surface area contributed by atoms with Crippen molar-refractivity contribution in [1.29, 1.82) is 0 Å². The van der Waals surface area contributed by atoms with Crippen LogP contribution in [0.2, 0.25) is 0 Å². The molecule has 4 rings (SSSR count). The van der Waals surface area contributed by atoms with E-state index in [2.05, 4.69) is 23.1 Å². The number of rotatable bonds is 5. The van der Waals surface area contributed by atoms with Gasteiger partial charge in [0, 0.05) is 12.5 Å². The molecule has 2 aliphatic rings. The molecule has 2 atom stereocenters. The molecular formula is C19H25N3O3. The van der Waals surface area contributed by atoms with Gasteiger partial charge in [-0.25, -0.2) is 0 Å². The van der Waals surface area contributed by atoms with Gasteiger partial charge in [0.05, 0.1) is 11.7 Å². The van der Waals surface area contributed by atoms with E-state index in [0.717, 1.165) is 36.1 Å². The van der Waals surface area contributed by atoms with Crippen molar-refractivity contribution in [2.75, 3.05) is 13.2 Å². The number of nitrogens with zero attached hydrogens (tertiary/aromatic N) is 2. The third-order valence-corrected chi connectivity index (χ3v) is 5.18. The number of nitrogens with two attached hydrogens (primary N) is 1. The number of aromatic nitrogens is 2. The standard InChI is InChI=1S/C19H25N3O3/c1-12-6-7-15(16(10-12)24-14-4-2-3-5-14)18-21-19(25-22-18)17-13(11-20)8-9-23-17/h6-7,10,13-14,17H,2-5,8-9,11,20H2,1H3/t13-,17-/m0/s1. The van der Waals surface area contributed by atoms with Crippen LogP contribution in [-0.4, -0.2) is 29.4 Å². The molecular weight excluding hydrogens is 318 g/mol. The first-order valence-corrected chi connectivity index (χ1v) is 9.17. The summed E-state index contributed by atoms with van der Waals surface area (Å²) < 4.78 is 17.5. The molecule has 0 bridgehead atoms. The zero-order valence-electron chi connectivity index (χ0n) is 14.6. The van der Waals surface area contributed by atoms with E-state index in [1.54, 1.807) is 0 Å². The first kappa shape index (κ1) is 16.5. The fraction of sp³-hybridized carbons (Fsp3) is 0.579. The van der Waals surface area contributed by atoms with Gasteiger partial charge in [0.25, 0.3) is 5.89 Å². The summed E-state index contributed by atoms with van der Waals surface area (Å²) in [5.74, 6) is 2.13. The Morgan fingerprint density at radius 3 is 2.88 bits per heavy atom. The molecule has 134 valence electrons. The normalized spacial score (nSPS) is 24.1. The van der Waals surface area contributed by atoms with Gasteiger partial charge in [0.2, 0.25) is 5.82 Å². The van der Waals surface area contributed by atoms with E-state index in [1.807, 2.05) is 12.1 Å². The van der Waals surface area contributed by atoms with Gasteiger partial charge in [0.15, 0.2) is 0 Å². The first-order valence-electron chi connectivity index (χ1n) is 9.17. The number of aryl methyl sites for hydroxylation is 1. The number of benzene rings is 1. The highest BCUT2D eigenvalue weighted by atomic mass is 16.5. The topological polar surface area (TPSA) is 83.4 Å². The van der Waals surface area contributed by atoms with Crippen molar-refractivity contribution >= 4 is 0 Å². The predicted octanol–water partition coefficient (Wildman–Crippen LogP) is 3.40. The van der Waals surface area contributed by atoms with Crippen LogP contribution in [0, 0.1) is 12.8 Å². The SMILES string of the molecule is Cc1ccc(-c2noc([C@H]3OCC[C@H]3CN)n2)c(OC2CCCC2)c1. The fourth-order valence-electron chi connectivity index (χ4n) is 3.71. The molecule has 1 aromatic heterocycles. The Morgan fingerprint density at radius 2 is 2.08 bits per heavy atom. The maximum Gasteiger partial charge on any atom is 0.256 e. The van der Waals surface area contributed by atoms with Crippen molar-refractivity contribution < 1.29 is 14.0 Å². The first-order chi connectivity index (χ1) is 12.2. The van der Waals surface area contributed by atoms with Gasteiger partial charge in [-0.15, -0.1) is 0 Å². The van der Waals surface area contributed by atoms with Crippen LogP contribution in [0.15, 0.2) is 22.7 Å². The van der Waals surface area contributed by atoms with Crippen LogP contribution >= 0.6 is 0 Å². The van der Waals surface area contributed by atoms with Crippen molar-refractivity contribution in [2.24, 2.45) is 11.7 Å². The fourth-order valence-corrected chi connectivity index (χ4v) is 3.71. The molecule has 2 aromatic rings. The van der Waals surface area contributed by atoms with Crippen LogP contribution in [0.25, 0.3) is 11.4 Å². The largest absolute Gasteiger partial charge is 0.490 e. The minimum Gasteiger partial charge on any atom is -0.490 e. The van der Waals surface area contributed by atoms with Gasteiger partial charge < -0.3 is 19.7 Å². The van der Waals surface area contributed by atoms with Crippen LogP contribution in [-0.2, 0) is 4.74 Å². The lowest BCUT2D eigenvalue weighted by Gasteiger charge is -2.16. The molecule has 2 N–H and O–H groups in total. The molecule has 2 fully saturated rings. The molecule has 1 aliphatic heterocycles. The Labute approximate surface area is 147 Å². The Bertz CT molecular complexity index is 724. The van der Waals surface area contributed by atoms with Crippen LogP contribution in [0.1, 0.15) is 49.7 Å². The smallest absolute Gasteiger partial charge is 0.256 e. The second-order valence-corrected chi connectivity index (χ2v) is 7.06. The summed E-state index contributed by atoms with van der Waals surface area (Å²) in [6, 6.07) is 6.10. The molecule has 1 aliphatic carbocycles. The second-order valence-electron chi connectivity index (χ2n) is 7.06. The van der Waals surface area contributed by atoms with E-state index in [0.29, 0.717) is 24.9 Å². The molecule has 0 spiro atoms. The van der Waals surface area contributed by atoms with E-state index in [1.165, 1.54) is 12.8 Å². The quantitative estimate of drug-likeness (QED) is 0.896. The van der Waals surface area contributed by atoms with E-state index in [9.17, 15) is 0 Å². The van der Waals surface area contributed by atoms with E-state index >= 15 is 0 Å². The average molecular weight is 343 g/mol. The third kappa shape index (κ3) is 3.41. The second kappa shape index (κ2) is 7.14. The van der Waals surface area contributed by atoms with Crippen molar-refractivity contribution in [3.8, 4) is 17.1 Å². The molecule has 0 amide bonds.